The zero-order valence-corrected chi connectivity index (χ0v) is 12.9. The molecule has 2 aromatic rings. The lowest BCUT2D eigenvalue weighted by Gasteiger charge is -2.35. The van der Waals surface area contributed by atoms with Crippen LogP contribution in [-0.4, -0.2) is 36.7 Å². The van der Waals surface area contributed by atoms with Crippen molar-refractivity contribution in [3.05, 3.63) is 59.0 Å². The first kappa shape index (κ1) is 15.1. The third kappa shape index (κ3) is 3.21. The Kier molecular flexibility index (Phi) is 4.32. The summed E-state index contributed by atoms with van der Waals surface area (Å²) in [5.74, 6) is 0.536. The maximum atomic E-state index is 11.9. The second-order valence-corrected chi connectivity index (χ2v) is 5.37. The Balaban J connectivity index is 1.81. The number of nitrogens with one attached hydrogen (secondary N) is 1. The number of hydrogen-bond donors (Lipinski definition) is 1. The zero-order valence-electron chi connectivity index (χ0n) is 12.9. The number of carbonyl (C=O) groups excluding carboxylic acids is 1. The van der Waals surface area contributed by atoms with Crippen molar-refractivity contribution in [2.45, 2.75) is 12.6 Å². The number of pyridine rings is 1. The summed E-state index contributed by atoms with van der Waals surface area (Å²) in [6.45, 7) is 1.63. The van der Waals surface area contributed by atoms with Crippen molar-refractivity contribution in [3.63, 3.8) is 0 Å². The molecule has 6 nitrogen and oxygen atoms in total. The number of anilines is 1. The number of ether oxygens (including phenoxy) is 1. The first-order chi connectivity index (χ1) is 11.2. The number of benzene rings is 1. The van der Waals surface area contributed by atoms with Gasteiger partial charge in [-0.05, 0) is 18.2 Å². The summed E-state index contributed by atoms with van der Waals surface area (Å²) in [5.41, 5.74) is 0.911. The van der Waals surface area contributed by atoms with E-state index in [-0.39, 0.29) is 11.5 Å². The Labute approximate surface area is 134 Å². The summed E-state index contributed by atoms with van der Waals surface area (Å²) in [7, 11) is 1.60. The van der Waals surface area contributed by atoms with Crippen LogP contribution in [0.5, 0.6) is 5.75 Å². The molecule has 1 amide bonds. The van der Waals surface area contributed by atoms with E-state index in [1.807, 2.05) is 30.3 Å². The molecule has 6 heteroatoms. The van der Waals surface area contributed by atoms with Gasteiger partial charge in [-0.25, -0.2) is 0 Å². The summed E-state index contributed by atoms with van der Waals surface area (Å²) in [6, 6.07) is 12.7. The molecule has 2 heterocycles. The largest absolute Gasteiger partial charge is 0.477 e. The molecule has 0 radical (unpaired) electrons. The van der Waals surface area contributed by atoms with E-state index in [1.54, 1.807) is 29.9 Å². The van der Waals surface area contributed by atoms with E-state index in [0.717, 1.165) is 5.69 Å². The summed E-state index contributed by atoms with van der Waals surface area (Å²) >= 11 is 0. The highest BCUT2D eigenvalue weighted by Crippen LogP contribution is 2.32. The molecule has 0 unspecified atom stereocenters. The number of carbonyl (C=O) groups is 1. The molecule has 1 aromatic heterocycles. The third-order valence-electron chi connectivity index (χ3n) is 3.91. The fourth-order valence-electron chi connectivity index (χ4n) is 2.69. The molecule has 0 saturated carbocycles. The topological polar surface area (TPSA) is 63.6 Å². The first-order valence-electron chi connectivity index (χ1n) is 7.57. The predicted octanol–water partition coefficient (Wildman–Crippen LogP) is 0.862. The Morgan fingerprint density at radius 3 is 2.78 bits per heavy atom. The smallest absolute Gasteiger partial charge is 0.262 e. The summed E-state index contributed by atoms with van der Waals surface area (Å²) in [4.78, 5) is 25.8. The third-order valence-corrected chi connectivity index (χ3v) is 3.91. The molecule has 1 aromatic carbocycles. The Hall–Kier alpha value is -2.76. The lowest BCUT2D eigenvalue weighted by molar-refractivity contribution is -0.127. The van der Waals surface area contributed by atoms with Gasteiger partial charge in [-0.1, -0.05) is 18.2 Å². The summed E-state index contributed by atoms with van der Waals surface area (Å²) < 4.78 is 7.43. The molecule has 23 heavy (non-hydrogen) atoms. The van der Waals surface area contributed by atoms with Gasteiger partial charge in [0.25, 0.3) is 11.5 Å². The van der Waals surface area contributed by atoms with Gasteiger partial charge in [0.05, 0.1) is 12.2 Å². The van der Waals surface area contributed by atoms with E-state index in [4.69, 9.17) is 4.74 Å². The van der Waals surface area contributed by atoms with Gasteiger partial charge in [-0.3, -0.25) is 9.59 Å². The van der Waals surface area contributed by atoms with Crippen molar-refractivity contribution < 1.29 is 9.53 Å². The molecule has 1 N–H and O–H groups in total. The van der Waals surface area contributed by atoms with Gasteiger partial charge in [-0.15, -0.1) is 0 Å². The van der Waals surface area contributed by atoms with Crippen LogP contribution >= 0.6 is 0 Å². The number of aromatic nitrogens is 1. The van der Waals surface area contributed by atoms with Gasteiger partial charge in [0, 0.05) is 32.4 Å². The Bertz CT molecular complexity index is 756. The van der Waals surface area contributed by atoms with E-state index >= 15 is 0 Å². The van der Waals surface area contributed by atoms with Gasteiger partial charge >= 0.3 is 0 Å². The van der Waals surface area contributed by atoms with Crippen molar-refractivity contribution in [1.29, 1.82) is 0 Å². The number of rotatable bonds is 4. The van der Waals surface area contributed by atoms with Gasteiger partial charge in [0.1, 0.15) is 5.75 Å². The maximum absolute atomic E-state index is 11.9. The quantitative estimate of drug-likeness (QED) is 0.909. The highest BCUT2D eigenvalue weighted by molar-refractivity contribution is 5.83. The average Bonchev–Trinajstić information content (AvgIpc) is 2.59. The minimum absolute atomic E-state index is 0.0307. The van der Waals surface area contributed by atoms with Crippen LogP contribution in [0.3, 0.4) is 0 Å². The molecule has 0 fully saturated rings. The molecule has 0 aliphatic carbocycles. The van der Waals surface area contributed by atoms with Gasteiger partial charge in [0.2, 0.25) is 0 Å². The number of nitrogens with zero attached hydrogens (tertiary/aromatic N) is 2. The minimum Gasteiger partial charge on any atom is -0.477 e. The van der Waals surface area contributed by atoms with Gasteiger partial charge < -0.3 is 19.5 Å². The lowest BCUT2D eigenvalue weighted by Crippen LogP contribution is -2.49. The zero-order chi connectivity index (χ0) is 16.2. The first-order valence-corrected chi connectivity index (χ1v) is 7.57. The molecule has 0 saturated heterocycles. The molecule has 0 bridgehead atoms. The highest BCUT2D eigenvalue weighted by atomic mass is 16.5. The van der Waals surface area contributed by atoms with Crippen molar-refractivity contribution in [3.8, 4) is 5.75 Å². The van der Waals surface area contributed by atoms with Crippen molar-refractivity contribution in [1.82, 2.24) is 9.88 Å². The van der Waals surface area contributed by atoms with Crippen molar-refractivity contribution in [2.24, 2.45) is 0 Å². The highest BCUT2D eigenvalue weighted by Gasteiger charge is 2.29. The number of fused-ring (bicyclic) bond motifs is 1. The molecule has 0 spiro atoms. The van der Waals surface area contributed by atoms with Crippen LogP contribution in [0, 0.1) is 0 Å². The molecule has 120 valence electrons. The van der Waals surface area contributed by atoms with Crippen molar-refractivity contribution >= 4 is 11.6 Å². The standard InChI is InChI=1S/C17H19N3O3/c1-18-17(22)15-12-20(13-6-2-3-7-14(13)23-15)11-10-19-9-5-4-8-16(19)21/h2-9,15H,10-12H2,1H3,(H,18,22)/t15-/m0/s1. The molecular weight excluding hydrogens is 294 g/mol. The fourth-order valence-corrected chi connectivity index (χ4v) is 2.69. The van der Waals surface area contributed by atoms with Crippen LogP contribution < -0.4 is 20.5 Å². The van der Waals surface area contributed by atoms with E-state index in [2.05, 4.69) is 10.2 Å². The maximum Gasteiger partial charge on any atom is 0.262 e. The second kappa shape index (κ2) is 6.56. The molecule has 1 aliphatic heterocycles. The van der Waals surface area contributed by atoms with E-state index in [0.29, 0.717) is 25.4 Å². The van der Waals surface area contributed by atoms with Crippen molar-refractivity contribution in [2.75, 3.05) is 25.0 Å². The molecule has 3 rings (SSSR count). The van der Waals surface area contributed by atoms with Crippen LogP contribution in [0.4, 0.5) is 5.69 Å². The lowest BCUT2D eigenvalue weighted by atomic mass is 10.1. The fraction of sp³-hybridized carbons (Fsp3) is 0.294. The Morgan fingerprint density at radius 1 is 1.22 bits per heavy atom. The minimum atomic E-state index is -0.553. The van der Waals surface area contributed by atoms with E-state index in [1.165, 1.54) is 0 Å². The molecule has 1 aliphatic rings. The van der Waals surface area contributed by atoms with E-state index < -0.39 is 6.10 Å². The number of likely N-dealkylation sites (N-methyl/N-ethyl adjacent to an activating group) is 1. The normalized spacial score (nSPS) is 16.4. The van der Waals surface area contributed by atoms with E-state index in [9.17, 15) is 9.59 Å². The van der Waals surface area contributed by atoms with Crippen LogP contribution in [-0.2, 0) is 11.3 Å². The summed E-state index contributed by atoms with van der Waals surface area (Å²) in [5, 5.41) is 2.62. The van der Waals surface area contributed by atoms with Crippen LogP contribution in [0.25, 0.3) is 0 Å². The number of amides is 1. The van der Waals surface area contributed by atoms with Crippen LogP contribution in [0.2, 0.25) is 0 Å². The van der Waals surface area contributed by atoms with Gasteiger partial charge in [0.15, 0.2) is 6.10 Å². The Morgan fingerprint density at radius 2 is 2.00 bits per heavy atom. The number of para-hydroxylation sites is 2. The second-order valence-electron chi connectivity index (χ2n) is 5.37. The average molecular weight is 313 g/mol. The summed E-state index contributed by atoms with van der Waals surface area (Å²) in [6.07, 6.45) is 1.22. The monoisotopic (exact) mass is 313 g/mol. The SMILES string of the molecule is CNC(=O)[C@@H]1CN(CCn2ccccc2=O)c2ccccc2O1. The van der Waals surface area contributed by atoms with Gasteiger partial charge in [-0.2, -0.15) is 0 Å². The van der Waals surface area contributed by atoms with Crippen LogP contribution in [0.1, 0.15) is 0 Å². The van der Waals surface area contributed by atoms with Crippen LogP contribution in [0.15, 0.2) is 53.5 Å². The number of hydrogen-bond acceptors (Lipinski definition) is 4. The molecule has 1 atom stereocenters. The molecular formula is C17H19N3O3. The predicted molar refractivity (Wildman–Crippen MR) is 87.8 cm³/mol.